The van der Waals surface area contributed by atoms with Crippen LogP contribution in [-0.4, -0.2) is 31.2 Å². The van der Waals surface area contributed by atoms with E-state index in [0.717, 1.165) is 32.8 Å². The van der Waals surface area contributed by atoms with Crippen LogP contribution in [0, 0.1) is 9.39 Å². The fourth-order valence-corrected chi connectivity index (χ4v) is 2.24. The molecule has 0 bridgehead atoms. The van der Waals surface area contributed by atoms with Gasteiger partial charge in [-0.2, -0.15) is 0 Å². The van der Waals surface area contributed by atoms with E-state index in [0.29, 0.717) is 3.57 Å². The van der Waals surface area contributed by atoms with Crippen LogP contribution in [0.3, 0.4) is 0 Å². The Kier molecular flexibility index (Phi) is 3.93. The molecule has 1 aromatic rings. The van der Waals surface area contributed by atoms with Crippen molar-refractivity contribution in [1.82, 2.24) is 4.90 Å². The molecule has 2 nitrogen and oxygen atoms in total. The monoisotopic (exact) mass is 321 g/mol. The fourth-order valence-electron chi connectivity index (χ4n) is 1.66. The first-order valence-electron chi connectivity index (χ1n) is 5.00. The number of benzene rings is 1. The van der Waals surface area contributed by atoms with Gasteiger partial charge in [-0.15, -0.1) is 0 Å². The van der Waals surface area contributed by atoms with Gasteiger partial charge in [-0.25, -0.2) is 4.39 Å². The molecule has 1 saturated heterocycles. The maximum atomic E-state index is 13.0. The summed E-state index contributed by atoms with van der Waals surface area (Å²) in [5, 5.41) is 0. The van der Waals surface area contributed by atoms with E-state index in [4.69, 9.17) is 4.74 Å². The van der Waals surface area contributed by atoms with Crippen molar-refractivity contribution in [2.24, 2.45) is 0 Å². The van der Waals surface area contributed by atoms with Gasteiger partial charge in [-0.1, -0.05) is 6.07 Å². The predicted molar refractivity (Wildman–Crippen MR) is 65.2 cm³/mol. The molecule has 0 atom stereocenters. The van der Waals surface area contributed by atoms with E-state index in [1.807, 2.05) is 34.7 Å². The molecular weight excluding hydrogens is 308 g/mol. The fraction of sp³-hybridized carbons (Fsp3) is 0.455. The quantitative estimate of drug-likeness (QED) is 0.775. The van der Waals surface area contributed by atoms with Gasteiger partial charge >= 0.3 is 0 Å². The zero-order chi connectivity index (χ0) is 10.7. The molecule has 1 aliphatic heterocycles. The number of nitrogens with zero attached hydrogens (tertiary/aromatic N) is 1. The average molecular weight is 321 g/mol. The van der Waals surface area contributed by atoms with Gasteiger partial charge in [0.1, 0.15) is 5.82 Å². The van der Waals surface area contributed by atoms with Crippen LogP contribution in [-0.2, 0) is 11.3 Å². The van der Waals surface area contributed by atoms with Crippen LogP contribution in [0.4, 0.5) is 4.39 Å². The molecule has 0 unspecified atom stereocenters. The second-order valence-corrected chi connectivity index (χ2v) is 4.80. The van der Waals surface area contributed by atoms with Gasteiger partial charge in [0.25, 0.3) is 0 Å². The highest BCUT2D eigenvalue weighted by Gasteiger charge is 2.11. The van der Waals surface area contributed by atoms with E-state index in [9.17, 15) is 4.39 Å². The van der Waals surface area contributed by atoms with Crippen LogP contribution >= 0.6 is 22.6 Å². The van der Waals surface area contributed by atoms with Crippen molar-refractivity contribution in [2.45, 2.75) is 6.54 Å². The molecule has 0 N–H and O–H groups in total. The summed E-state index contributed by atoms with van der Waals surface area (Å²) in [6.07, 6.45) is 0. The van der Waals surface area contributed by atoms with Gasteiger partial charge in [0.2, 0.25) is 0 Å². The molecule has 1 heterocycles. The molecule has 2 rings (SSSR count). The van der Waals surface area contributed by atoms with Gasteiger partial charge < -0.3 is 4.74 Å². The van der Waals surface area contributed by atoms with Crippen LogP contribution in [0.1, 0.15) is 5.56 Å². The van der Waals surface area contributed by atoms with Gasteiger partial charge in [0.15, 0.2) is 0 Å². The Morgan fingerprint density at radius 1 is 1.33 bits per heavy atom. The topological polar surface area (TPSA) is 12.5 Å². The minimum Gasteiger partial charge on any atom is -0.379 e. The zero-order valence-electron chi connectivity index (χ0n) is 8.38. The number of hydrogen-bond acceptors (Lipinski definition) is 2. The van der Waals surface area contributed by atoms with E-state index in [1.54, 1.807) is 0 Å². The summed E-state index contributed by atoms with van der Waals surface area (Å²) in [4.78, 5) is 2.33. The number of morpholine rings is 1. The van der Waals surface area contributed by atoms with Gasteiger partial charge in [0, 0.05) is 23.2 Å². The molecule has 82 valence electrons. The Bertz CT molecular complexity index is 339. The Morgan fingerprint density at radius 2 is 2.07 bits per heavy atom. The normalized spacial score (nSPS) is 18.0. The van der Waals surface area contributed by atoms with Crippen LogP contribution < -0.4 is 0 Å². The van der Waals surface area contributed by atoms with E-state index in [2.05, 4.69) is 4.90 Å². The summed E-state index contributed by atoms with van der Waals surface area (Å²) in [5.41, 5.74) is 1.17. The minimum absolute atomic E-state index is 0.138. The maximum absolute atomic E-state index is 13.0. The highest BCUT2D eigenvalue weighted by Crippen LogP contribution is 2.14. The molecule has 15 heavy (non-hydrogen) atoms. The van der Waals surface area contributed by atoms with Gasteiger partial charge in [0.05, 0.1) is 13.2 Å². The molecule has 1 fully saturated rings. The Morgan fingerprint density at radius 3 is 2.73 bits per heavy atom. The van der Waals surface area contributed by atoms with Crippen molar-refractivity contribution in [3.05, 3.63) is 33.1 Å². The van der Waals surface area contributed by atoms with Crippen molar-refractivity contribution in [2.75, 3.05) is 26.3 Å². The number of hydrogen-bond donors (Lipinski definition) is 0. The molecular formula is C11H13FINO. The molecule has 0 aliphatic carbocycles. The van der Waals surface area contributed by atoms with Crippen LogP contribution in [0.25, 0.3) is 0 Å². The molecule has 1 aliphatic rings. The molecule has 0 aromatic heterocycles. The van der Waals surface area contributed by atoms with Crippen molar-refractivity contribution in [3.63, 3.8) is 0 Å². The summed E-state index contributed by atoms with van der Waals surface area (Å²) < 4.78 is 19.0. The van der Waals surface area contributed by atoms with Gasteiger partial charge in [-0.3, -0.25) is 4.90 Å². The number of ether oxygens (including phenoxy) is 1. The number of halogens is 2. The standard InChI is InChI=1S/C11H13FINO/c12-10-2-1-9(7-11(10)13)8-14-3-5-15-6-4-14/h1-2,7H,3-6,8H2. The molecule has 0 amide bonds. The second kappa shape index (κ2) is 5.23. The summed E-state index contributed by atoms with van der Waals surface area (Å²) >= 11 is 2.03. The first-order valence-corrected chi connectivity index (χ1v) is 6.07. The minimum atomic E-state index is -0.138. The van der Waals surface area contributed by atoms with Crippen molar-refractivity contribution in [3.8, 4) is 0 Å². The SMILES string of the molecule is Fc1ccc(CN2CCOCC2)cc1I. The van der Waals surface area contributed by atoms with Crippen molar-refractivity contribution >= 4 is 22.6 Å². The highest BCUT2D eigenvalue weighted by atomic mass is 127. The highest BCUT2D eigenvalue weighted by molar-refractivity contribution is 14.1. The first-order chi connectivity index (χ1) is 7.25. The second-order valence-electron chi connectivity index (χ2n) is 3.64. The smallest absolute Gasteiger partial charge is 0.136 e. The summed E-state index contributed by atoms with van der Waals surface area (Å²) in [6.45, 7) is 4.43. The third-order valence-corrected chi connectivity index (χ3v) is 3.32. The Labute approximate surface area is 103 Å². The van der Waals surface area contributed by atoms with Crippen LogP contribution in [0.15, 0.2) is 18.2 Å². The largest absolute Gasteiger partial charge is 0.379 e. The predicted octanol–water partition coefficient (Wildman–Crippen LogP) is 2.26. The molecule has 1 aromatic carbocycles. The lowest BCUT2D eigenvalue weighted by atomic mass is 10.2. The van der Waals surface area contributed by atoms with E-state index < -0.39 is 0 Å². The Hall–Kier alpha value is -0.200. The van der Waals surface area contributed by atoms with Crippen LogP contribution in [0.5, 0.6) is 0 Å². The lowest BCUT2D eigenvalue weighted by molar-refractivity contribution is 0.0342. The summed E-state index contributed by atoms with van der Waals surface area (Å²) in [6, 6.07) is 5.30. The lowest BCUT2D eigenvalue weighted by Gasteiger charge is -2.26. The lowest BCUT2D eigenvalue weighted by Crippen LogP contribution is -2.35. The van der Waals surface area contributed by atoms with E-state index in [-0.39, 0.29) is 5.82 Å². The first kappa shape index (κ1) is 11.3. The maximum Gasteiger partial charge on any atom is 0.136 e. The molecule has 0 saturated carbocycles. The third-order valence-electron chi connectivity index (χ3n) is 2.49. The van der Waals surface area contributed by atoms with E-state index in [1.165, 1.54) is 11.6 Å². The molecule has 0 radical (unpaired) electrons. The molecule has 4 heteroatoms. The summed E-state index contributed by atoms with van der Waals surface area (Å²) in [7, 11) is 0. The third kappa shape index (κ3) is 3.12. The van der Waals surface area contributed by atoms with Crippen molar-refractivity contribution in [1.29, 1.82) is 0 Å². The Balaban J connectivity index is 2.00. The zero-order valence-corrected chi connectivity index (χ0v) is 10.5. The van der Waals surface area contributed by atoms with E-state index >= 15 is 0 Å². The van der Waals surface area contributed by atoms with Gasteiger partial charge in [-0.05, 0) is 40.3 Å². The average Bonchev–Trinajstić information content (AvgIpc) is 2.25. The van der Waals surface area contributed by atoms with Crippen molar-refractivity contribution < 1.29 is 9.13 Å². The van der Waals surface area contributed by atoms with Crippen LogP contribution in [0.2, 0.25) is 0 Å². The summed E-state index contributed by atoms with van der Waals surface area (Å²) in [5.74, 6) is -0.138. The number of rotatable bonds is 2. The molecule has 0 spiro atoms.